The highest BCUT2D eigenvalue weighted by Gasteiger charge is 2.50. The van der Waals surface area contributed by atoms with Crippen molar-refractivity contribution in [2.45, 2.75) is 98.3 Å². The maximum atomic E-state index is 13.1. The van der Waals surface area contributed by atoms with Crippen molar-refractivity contribution in [3.05, 3.63) is 85.1 Å². The lowest BCUT2D eigenvalue weighted by atomic mass is 9.86. The van der Waals surface area contributed by atoms with Gasteiger partial charge in [-0.1, -0.05) is 114 Å². The van der Waals surface area contributed by atoms with E-state index in [1.54, 1.807) is 27.0 Å². The first-order valence-corrected chi connectivity index (χ1v) is 16.9. The lowest BCUT2D eigenvalue weighted by Gasteiger charge is -2.43. The number of allylic oxidation sites excluding steroid dienone is 3. The van der Waals surface area contributed by atoms with E-state index in [0.29, 0.717) is 0 Å². The van der Waals surface area contributed by atoms with E-state index in [1.165, 1.54) is 0 Å². The zero-order chi connectivity index (χ0) is 31.6. The van der Waals surface area contributed by atoms with Gasteiger partial charge in [-0.3, -0.25) is 4.79 Å². The molecule has 0 aliphatic heterocycles. The molecule has 0 unspecified atom stereocenters. The highest BCUT2D eigenvalue weighted by molar-refractivity contribution is 6.98. The molecule has 230 valence electrons. The molecule has 0 aliphatic rings. The Morgan fingerprint density at radius 2 is 1.36 bits per heavy atom. The summed E-state index contributed by atoms with van der Waals surface area (Å²) in [7, 11) is -3.14. The van der Waals surface area contributed by atoms with E-state index >= 15 is 0 Å². The molecule has 2 aromatic rings. The lowest BCUT2D eigenvalue weighted by Crippen LogP contribution is -2.65. The Balaban J connectivity index is 2.22. The third kappa shape index (κ3) is 9.98. The van der Waals surface area contributed by atoms with E-state index in [-0.39, 0.29) is 16.9 Å². The molecule has 7 heteroatoms. The monoisotopic (exact) mass is 592 g/mol. The molecular weight excluding hydrogens is 540 g/mol. The minimum Gasteiger partial charge on any atom is -0.444 e. The molecule has 0 radical (unpaired) electrons. The second-order valence-electron chi connectivity index (χ2n) is 13.8. The largest absolute Gasteiger partial charge is 0.444 e. The van der Waals surface area contributed by atoms with Crippen molar-refractivity contribution in [1.29, 1.82) is 0 Å². The van der Waals surface area contributed by atoms with Crippen molar-refractivity contribution < 1.29 is 19.1 Å². The second kappa shape index (κ2) is 14.8. The first-order chi connectivity index (χ1) is 19.5. The van der Waals surface area contributed by atoms with E-state index in [2.05, 4.69) is 36.6 Å². The predicted octanol–water partition coefficient (Wildman–Crippen LogP) is 6.45. The Kier molecular flexibility index (Phi) is 12.4. The number of hydrogen-bond donors (Lipinski definition) is 3. The van der Waals surface area contributed by atoms with Crippen LogP contribution in [-0.2, 0) is 9.53 Å². The fourth-order valence-electron chi connectivity index (χ4n) is 5.35. The number of ether oxygens (including phenoxy) is 1. The molecule has 0 spiro atoms. The van der Waals surface area contributed by atoms with Crippen LogP contribution in [0.15, 0.2) is 85.1 Å². The predicted molar refractivity (Wildman–Crippen MR) is 176 cm³/mol. The first-order valence-electron chi connectivity index (χ1n) is 14.9. The number of rotatable bonds is 12. The molecule has 0 saturated carbocycles. The maximum Gasteiger partial charge on any atom is 0.408 e. The van der Waals surface area contributed by atoms with Crippen LogP contribution in [0.4, 0.5) is 4.79 Å². The van der Waals surface area contributed by atoms with Gasteiger partial charge < -0.3 is 20.2 Å². The van der Waals surface area contributed by atoms with Crippen LogP contribution in [-0.4, -0.2) is 36.8 Å². The summed E-state index contributed by atoms with van der Waals surface area (Å²) >= 11 is 0. The lowest BCUT2D eigenvalue weighted by molar-refractivity contribution is -0.124. The van der Waals surface area contributed by atoms with Crippen molar-refractivity contribution in [3.8, 4) is 0 Å². The van der Waals surface area contributed by atoms with Crippen molar-refractivity contribution in [2.75, 3.05) is 0 Å². The Morgan fingerprint density at radius 3 is 1.81 bits per heavy atom. The highest BCUT2D eigenvalue weighted by Crippen LogP contribution is 2.43. The first kappa shape index (κ1) is 35.0. The molecular formula is C35H52N2O4Si. The number of nitrogens with one attached hydrogen (secondary N) is 2. The van der Waals surface area contributed by atoms with Gasteiger partial charge >= 0.3 is 6.09 Å². The number of benzene rings is 2. The van der Waals surface area contributed by atoms with Crippen LogP contribution >= 0.6 is 0 Å². The highest BCUT2D eigenvalue weighted by atomic mass is 28.4. The molecule has 6 nitrogen and oxygen atoms in total. The van der Waals surface area contributed by atoms with Gasteiger partial charge in [0.1, 0.15) is 11.6 Å². The number of amides is 2. The molecule has 42 heavy (non-hydrogen) atoms. The summed E-state index contributed by atoms with van der Waals surface area (Å²) in [5.41, 5.74) is -1.17. The normalized spacial score (nSPS) is 14.5. The fraction of sp³-hybridized carbons (Fsp3) is 0.486. The summed E-state index contributed by atoms with van der Waals surface area (Å²) in [6.07, 6.45) is 9.63. The number of carbonyl (C=O) groups excluding carboxylic acids is 2. The molecule has 2 atom stereocenters. The quantitative estimate of drug-likeness (QED) is 0.195. The average molecular weight is 593 g/mol. The van der Waals surface area contributed by atoms with Crippen LogP contribution in [0.2, 0.25) is 5.04 Å². The molecule has 2 rings (SSSR count). The third-order valence-corrected chi connectivity index (χ3v) is 12.0. The van der Waals surface area contributed by atoms with Crippen molar-refractivity contribution >= 4 is 30.7 Å². The molecule has 3 N–H and O–H groups in total. The van der Waals surface area contributed by atoms with Crippen LogP contribution in [0.5, 0.6) is 0 Å². The average Bonchev–Trinajstić information content (AvgIpc) is 2.91. The summed E-state index contributed by atoms with van der Waals surface area (Å²) in [6, 6.07) is 19.4. The van der Waals surface area contributed by atoms with Gasteiger partial charge in [0.2, 0.25) is 5.91 Å². The summed E-state index contributed by atoms with van der Waals surface area (Å²) < 4.78 is 5.37. The molecule has 0 aromatic heterocycles. The van der Waals surface area contributed by atoms with Gasteiger partial charge in [0, 0.05) is 0 Å². The number of carbonyl (C=O) groups is 2. The molecule has 0 bridgehead atoms. The van der Waals surface area contributed by atoms with Gasteiger partial charge in [0.05, 0.1) is 0 Å². The second-order valence-corrected chi connectivity index (χ2v) is 17.7. The van der Waals surface area contributed by atoms with E-state index in [4.69, 9.17) is 4.74 Å². The smallest absolute Gasteiger partial charge is 0.408 e. The Morgan fingerprint density at radius 1 is 0.857 bits per heavy atom. The van der Waals surface area contributed by atoms with E-state index in [1.807, 2.05) is 94.4 Å². The van der Waals surface area contributed by atoms with Gasteiger partial charge in [-0.15, -0.1) is 0 Å². The van der Waals surface area contributed by atoms with Gasteiger partial charge in [-0.25, -0.2) is 4.79 Å². The molecule has 2 amide bonds. The van der Waals surface area contributed by atoms with Crippen LogP contribution in [0.1, 0.15) is 81.6 Å². The van der Waals surface area contributed by atoms with Crippen LogP contribution in [0.25, 0.3) is 0 Å². The third-order valence-electron chi connectivity index (χ3n) is 7.47. The van der Waals surface area contributed by atoms with Gasteiger partial charge in [0.25, 0.3) is 8.32 Å². The minimum absolute atomic E-state index is 0.245. The summed E-state index contributed by atoms with van der Waals surface area (Å²) in [4.78, 5) is 38.1. The zero-order valence-corrected chi connectivity index (χ0v) is 28.0. The fourth-order valence-corrected chi connectivity index (χ4v) is 9.18. The summed E-state index contributed by atoms with van der Waals surface area (Å²) in [5.74, 6) is -0.0565. The molecule has 0 aliphatic carbocycles. The Labute approximate surface area is 254 Å². The topological polar surface area (TPSA) is 87.7 Å². The molecule has 0 saturated heterocycles. The minimum atomic E-state index is -3.14. The van der Waals surface area contributed by atoms with Gasteiger partial charge in [-0.05, 0) is 79.9 Å². The van der Waals surface area contributed by atoms with Crippen molar-refractivity contribution in [2.24, 2.45) is 11.3 Å². The number of hydrogen-bond acceptors (Lipinski definition) is 4. The van der Waals surface area contributed by atoms with E-state index < -0.39 is 31.5 Å². The number of alkyl carbamates (subject to hydrolysis) is 1. The van der Waals surface area contributed by atoms with Gasteiger partial charge in [0.15, 0.2) is 0 Å². The Hall–Kier alpha value is -3.16. The molecule has 2 aromatic carbocycles. The van der Waals surface area contributed by atoms with Crippen molar-refractivity contribution in [1.82, 2.24) is 10.6 Å². The standard InChI is InChI=1S/C35H52N2O4Si/c1-10-11-19-27(20-18-25-36-31(38)30(33(2,3)4)37-32(39)41-34(5,6)7)26-35(8,9)42(40,28-21-14-12-15-22-28)29-23-16-13-17-24-29/h10-18,21-25,27,30,40H,19-20,26H2,1-9H3,(H,36,38)(H,37,39)/b11-10-,25-18-/t27-,30+/m0/s1. The van der Waals surface area contributed by atoms with E-state index in [9.17, 15) is 14.4 Å². The van der Waals surface area contributed by atoms with Crippen molar-refractivity contribution in [3.63, 3.8) is 0 Å². The summed E-state index contributed by atoms with van der Waals surface area (Å²) in [5, 5.41) is 7.21. The Bertz CT molecular complexity index is 1160. The van der Waals surface area contributed by atoms with Crippen LogP contribution in [0, 0.1) is 11.3 Å². The van der Waals surface area contributed by atoms with Crippen LogP contribution in [0.3, 0.4) is 0 Å². The van der Waals surface area contributed by atoms with Gasteiger partial charge in [-0.2, -0.15) is 0 Å². The SMILES string of the molecule is C/C=C\C[C@@H](C/C=C\NC(=O)[C@@H](NC(=O)OC(C)(C)C)C(C)(C)C)CC(C)(C)[Si](O)(c1ccccc1)c1ccccc1. The zero-order valence-electron chi connectivity index (χ0n) is 27.0. The molecule has 0 heterocycles. The maximum absolute atomic E-state index is 13.1. The van der Waals surface area contributed by atoms with Crippen LogP contribution < -0.4 is 21.0 Å². The molecule has 0 fully saturated rings. The summed E-state index contributed by atoms with van der Waals surface area (Å²) in [6.45, 7) is 17.4. The van der Waals surface area contributed by atoms with E-state index in [0.717, 1.165) is 29.6 Å².